The Labute approximate surface area is 474 Å². The molecule has 0 heterocycles. The van der Waals surface area contributed by atoms with Gasteiger partial charge in [0.25, 0.3) is 0 Å². The standard InChI is InChI=1S/C76H68N4/c1-55-15-11-23-73(51-55)79(74-24-12-16-56(2)52-74)71-47-35-63(36-48-71)61-31-43-69(44-32-61)77(65-19-7-5-8-20-65)67-39-27-59(28-40-67)60-29-41-68(42-30-60)78(66-21-9-6-10-22-66)70-45-33-62(34-46-70)64-37-49-72(50-38-64)80(75-25-13-17-57(3)53-75)76-26-14-18-58(4)54-76/h5-9,11-13,15-21,23,25,27-54,74H,10,14,22,24,26H2,1-4H3. The number of allylic oxidation sites excluding steroid dienone is 10. The molecule has 4 heteroatoms. The van der Waals surface area contributed by atoms with Crippen molar-refractivity contribution >= 4 is 51.2 Å². The summed E-state index contributed by atoms with van der Waals surface area (Å²) in [6, 6.07) is 82.9. The van der Waals surface area contributed by atoms with E-state index in [1.54, 1.807) is 0 Å². The topological polar surface area (TPSA) is 13.0 Å². The lowest BCUT2D eigenvalue weighted by Gasteiger charge is -2.33. The molecule has 3 aliphatic rings. The molecular weight excluding hydrogens is 969 g/mol. The normalized spacial score (nSPS) is 14.8. The Morgan fingerprint density at radius 1 is 0.350 bits per heavy atom. The fourth-order valence-corrected chi connectivity index (χ4v) is 11.7. The maximum atomic E-state index is 2.48. The van der Waals surface area contributed by atoms with Gasteiger partial charge >= 0.3 is 0 Å². The van der Waals surface area contributed by atoms with E-state index >= 15 is 0 Å². The van der Waals surface area contributed by atoms with Gasteiger partial charge in [-0.25, -0.2) is 0 Å². The molecule has 12 rings (SSSR count). The second-order valence-electron chi connectivity index (χ2n) is 21.5. The molecule has 0 N–H and O–H groups in total. The zero-order valence-electron chi connectivity index (χ0n) is 46.4. The fraction of sp³-hybridized carbons (Fsp3) is 0.132. The average Bonchev–Trinajstić information content (AvgIpc) is 3.62. The van der Waals surface area contributed by atoms with E-state index in [2.05, 4.69) is 320 Å². The van der Waals surface area contributed by atoms with Gasteiger partial charge in [-0.05, 0) is 226 Å². The van der Waals surface area contributed by atoms with Crippen LogP contribution in [0.15, 0.2) is 296 Å². The Bertz CT molecular complexity index is 3800. The Kier molecular flexibility index (Phi) is 15.0. The minimum atomic E-state index is 0.255. The molecule has 0 amide bonds. The fourth-order valence-electron chi connectivity index (χ4n) is 11.7. The van der Waals surface area contributed by atoms with E-state index in [4.69, 9.17) is 0 Å². The third-order valence-corrected chi connectivity index (χ3v) is 15.7. The number of aryl methyl sites for hydroxylation is 2. The molecule has 0 saturated heterocycles. The zero-order valence-corrected chi connectivity index (χ0v) is 46.4. The van der Waals surface area contributed by atoms with Crippen LogP contribution in [0.2, 0.25) is 0 Å². The van der Waals surface area contributed by atoms with Crippen LogP contribution in [0.3, 0.4) is 0 Å². The second kappa shape index (κ2) is 23.3. The number of hydrogen-bond donors (Lipinski definition) is 0. The van der Waals surface area contributed by atoms with E-state index in [9.17, 15) is 0 Å². The summed E-state index contributed by atoms with van der Waals surface area (Å²) >= 11 is 0. The van der Waals surface area contributed by atoms with Crippen LogP contribution in [-0.2, 0) is 0 Å². The molecule has 0 aromatic heterocycles. The first-order valence-electron chi connectivity index (χ1n) is 28.4. The highest BCUT2D eigenvalue weighted by Gasteiger charge is 2.22. The Morgan fingerprint density at radius 2 is 0.775 bits per heavy atom. The van der Waals surface area contributed by atoms with Crippen molar-refractivity contribution in [2.45, 2.75) is 65.8 Å². The predicted octanol–water partition coefficient (Wildman–Crippen LogP) is 21.3. The number of hydrogen-bond acceptors (Lipinski definition) is 4. The van der Waals surface area contributed by atoms with E-state index < -0.39 is 0 Å². The molecule has 0 saturated carbocycles. The minimum Gasteiger partial charge on any atom is -0.334 e. The Morgan fingerprint density at radius 3 is 1.24 bits per heavy atom. The molecule has 392 valence electrons. The molecule has 0 radical (unpaired) electrons. The molecular formula is C76H68N4. The molecule has 0 spiro atoms. The molecule has 0 aliphatic heterocycles. The molecule has 9 aromatic carbocycles. The molecule has 80 heavy (non-hydrogen) atoms. The van der Waals surface area contributed by atoms with Crippen LogP contribution in [0.5, 0.6) is 0 Å². The second-order valence-corrected chi connectivity index (χ2v) is 21.5. The van der Waals surface area contributed by atoms with Crippen molar-refractivity contribution in [2.24, 2.45) is 0 Å². The summed E-state index contributed by atoms with van der Waals surface area (Å²) in [4.78, 5) is 9.66. The van der Waals surface area contributed by atoms with Gasteiger partial charge in [0.1, 0.15) is 0 Å². The summed E-state index contributed by atoms with van der Waals surface area (Å²) in [6.45, 7) is 8.73. The minimum absolute atomic E-state index is 0.255. The summed E-state index contributed by atoms with van der Waals surface area (Å²) < 4.78 is 0. The molecule has 3 aliphatic carbocycles. The first-order valence-corrected chi connectivity index (χ1v) is 28.4. The van der Waals surface area contributed by atoms with E-state index in [0.29, 0.717) is 0 Å². The summed E-state index contributed by atoms with van der Waals surface area (Å²) in [5.41, 5.74) is 25.3. The molecule has 1 atom stereocenters. The van der Waals surface area contributed by atoms with Gasteiger partial charge in [-0.3, -0.25) is 0 Å². The van der Waals surface area contributed by atoms with Gasteiger partial charge in [0.15, 0.2) is 0 Å². The van der Waals surface area contributed by atoms with E-state index in [0.717, 1.165) is 60.5 Å². The summed E-state index contributed by atoms with van der Waals surface area (Å²) in [7, 11) is 0. The monoisotopic (exact) mass is 1040 g/mol. The van der Waals surface area contributed by atoms with Crippen LogP contribution in [0.4, 0.5) is 51.2 Å². The number of benzene rings is 9. The van der Waals surface area contributed by atoms with Crippen molar-refractivity contribution in [3.8, 4) is 33.4 Å². The van der Waals surface area contributed by atoms with Crippen LogP contribution in [-0.4, -0.2) is 6.04 Å². The predicted molar refractivity (Wildman–Crippen MR) is 341 cm³/mol. The number of nitrogens with zero attached hydrogens (tertiary/aromatic N) is 4. The van der Waals surface area contributed by atoms with Crippen molar-refractivity contribution in [1.29, 1.82) is 0 Å². The van der Waals surface area contributed by atoms with Gasteiger partial charge in [-0.2, -0.15) is 0 Å². The van der Waals surface area contributed by atoms with Crippen LogP contribution in [0.25, 0.3) is 33.4 Å². The van der Waals surface area contributed by atoms with E-state index in [-0.39, 0.29) is 6.04 Å². The summed E-state index contributed by atoms with van der Waals surface area (Å²) in [5, 5.41) is 0. The Balaban J connectivity index is 0.768. The summed E-state index contributed by atoms with van der Waals surface area (Å²) in [6.07, 6.45) is 23.3. The van der Waals surface area contributed by atoms with Crippen molar-refractivity contribution < 1.29 is 0 Å². The van der Waals surface area contributed by atoms with Gasteiger partial charge in [0, 0.05) is 62.6 Å². The van der Waals surface area contributed by atoms with Crippen LogP contribution < -0.4 is 19.6 Å². The molecule has 9 aromatic rings. The van der Waals surface area contributed by atoms with Gasteiger partial charge < -0.3 is 19.6 Å². The van der Waals surface area contributed by atoms with Crippen molar-refractivity contribution in [1.82, 2.24) is 0 Å². The first kappa shape index (κ1) is 51.4. The SMILES string of the molecule is CC1=CCCC(N(c2ccc(-c3ccc(N(C4=CC=CCC4)c4ccc(-c5ccc(N(c6ccccc6)c6ccc(-c7ccc(N(c8cccc(C)c8)C8C=C(C)C=CC8)cc7)cc6)cc5)cc4)cc3)cc2)c2cccc(C)c2)=C1. The average molecular weight is 1040 g/mol. The first-order chi connectivity index (χ1) is 39.3. The lowest BCUT2D eigenvalue weighted by molar-refractivity contribution is 0.778. The largest absolute Gasteiger partial charge is 0.334 e. The van der Waals surface area contributed by atoms with Crippen LogP contribution >= 0.6 is 0 Å². The van der Waals surface area contributed by atoms with Gasteiger partial charge in [-0.15, -0.1) is 0 Å². The number of anilines is 9. The maximum Gasteiger partial charge on any atom is 0.0562 e. The lowest BCUT2D eigenvalue weighted by Crippen LogP contribution is -2.30. The van der Waals surface area contributed by atoms with Crippen LogP contribution in [0.1, 0.15) is 57.1 Å². The van der Waals surface area contributed by atoms with Gasteiger partial charge in [-0.1, -0.05) is 163 Å². The Hall–Kier alpha value is -9.38. The highest BCUT2D eigenvalue weighted by molar-refractivity contribution is 5.82. The number of rotatable bonds is 15. The third-order valence-electron chi connectivity index (χ3n) is 15.7. The lowest BCUT2D eigenvalue weighted by atomic mass is 9.99. The van der Waals surface area contributed by atoms with Crippen molar-refractivity contribution in [3.63, 3.8) is 0 Å². The van der Waals surface area contributed by atoms with Gasteiger partial charge in [0.05, 0.1) is 6.04 Å². The maximum absolute atomic E-state index is 2.48. The van der Waals surface area contributed by atoms with Crippen molar-refractivity contribution in [2.75, 3.05) is 19.6 Å². The third kappa shape index (κ3) is 11.3. The number of para-hydroxylation sites is 1. The smallest absolute Gasteiger partial charge is 0.0562 e. The van der Waals surface area contributed by atoms with Crippen LogP contribution in [0, 0.1) is 13.8 Å². The van der Waals surface area contributed by atoms with E-state index in [1.165, 1.54) is 89.8 Å². The molecule has 4 nitrogen and oxygen atoms in total. The van der Waals surface area contributed by atoms with E-state index in [1.807, 2.05) is 0 Å². The van der Waals surface area contributed by atoms with Gasteiger partial charge in [0.2, 0.25) is 0 Å². The molecule has 1 unspecified atom stereocenters. The highest BCUT2D eigenvalue weighted by atomic mass is 15.2. The highest BCUT2D eigenvalue weighted by Crippen LogP contribution is 2.41. The molecule has 0 fully saturated rings. The molecule has 0 bridgehead atoms. The van der Waals surface area contributed by atoms with Crippen molar-refractivity contribution in [3.05, 3.63) is 307 Å². The summed E-state index contributed by atoms with van der Waals surface area (Å²) in [5.74, 6) is 0. The zero-order chi connectivity index (χ0) is 54.4. The quantitative estimate of drug-likeness (QED) is 0.101.